The molecule has 5 heteroatoms. The molecule has 1 heterocycles. The molecule has 0 aliphatic heterocycles. The number of aromatic nitrogens is 2. The molecular formula is C16H13ClF2N2. The Hall–Kier alpha value is -1.94. The van der Waals surface area contributed by atoms with E-state index in [2.05, 4.69) is 4.98 Å². The molecule has 0 bridgehead atoms. The maximum absolute atomic E-state index is 14.1. The molecule has 0 N–H and O–H groups in total. The van der Waals surface area contributed by atoms with Crippen molar-refractivity contribution >= 4 is 22.6 Å². The van der Waals surface area contributed by atoms with E-state index >= 15 is 0 Å². The lowest BCUT2D eigenvalue weighted by Crippen LogP contribution is -2.04. The lowest BCUT2D eigenvalue weighted by atomic mass is 10.2. The van der Waals surface area contributed by atoms with Crippen molar-refractivity contribution in [3.05, 3.63) is 59.4 Å². The third-order valence-corrected chi connectivity index (χ3v) is 3.54. The molecule has 21 heavy (non-hydrogen) atoms. The summed E-state index contributed by atoms with van der Waals surface area (Å²) in [7, 11) is 0. The topological polar surface area (TPSA) is 17.8 Å². The fraction of sp³-hybridized carbons (Fsp3) is 0.188. The average molecular weight is 307 g/mol. The number of hydrogen-bond acceptors (Lipinski definition) is 1. The van der Waals surface area contributed by atoms with Crippen molar-refractivity contribution < 1.29 is 8.78 Å². The Kier molecular flexibility index (Phi) is 3.41. The second-order valence-corrected chi connectivity index (χ2v) is 5.66. The Balaban J connectivity index is 2.36. The van der Waals surface area contributed by atoms with Crippen LogP contribution in [0.2, 0.25) is 0 Å². The maximum Gasteiger partial charge on any atom is 0.150 e. The Morgan fingerprint density at radius 3 is 2.57 bits per heavy atom. The van der Waals surface area contributed by atoms with Gasteiger partial charge in [-0.2, -0.15) is 0 Å². The van der Waals surface area contributed by atoms with Crippen LogP contribution in [0.1, 0.15) is 23.7 Å². The van der Waals surface area contributed by atoms with Gasteiger partial charge in [-0.3, -0.25) is 4.57 Å². The Morgan fingerprint density at radius 1 is 1.14 bits per heavy atom. The Morgan fingerprint density at radius 2 is 1.90 bits per heavy atom. The molecule has 3 rings (SSSR count). The van der Waals surface area contributed by atoms with E-state index in [1.54, 1.807) is 11.5 Å². The highest BCUT2D eigenvalue weighted by Crippen LogP contribution is 2.29. The van der Waals surface area contributed by atoms with Crippen molar-refractivity contribution in [1.82, 2.24) is 9.55 Å². The minimum absolute atomic E-state index is 0.241. The van der Waals surface area contributed by atoms with Gasteiger partial charge in [-0.05, 0) is 43.7 Å². The van der Waals surface area contributed by atoms with Gasteiger partial charge in [0, 0.05) is 6.07 Å². The van der Waals surface area contributed by atoms with Crippen molar-refractivity contribution in [2.45, 2.75) is 19.2 Å². The predicted octanol–water partition coefficient (Wildman–Crippen LogP) is 4.91. The molecule has 0 fully saturated rings. The smallest absolute Gasteiger partial charge is 0.150 e. The van der Waals surface area contributed by atoms with Crippen LogP contribution < -0.4 is 0 Å². The van der Waals surface area contributed by atoms with E-state index in [1.807, 2.05) is 25.1 Å². The second-order valence-electron chi connectivity index (χ2n) is 5.01. The third-order valence-electron chi connectivity index (χ3n) is 3.34. The summed E-state index contributed by atoms with van der Waals surface area (Å²) >= 11 is 6.17. The zero-order valence-corrected chi connectivity index (χ0v) is 12.3. The molecule has 1 unspecified atom stereocenters. The Labute approximate surface area is 126 Å². The van der Waals surface area contributed by atoms with E-state index in [0.29, 0.717) is 5.82 Å². The number of benzene rings is 2. The fourth-order valence-corrected chi connectivity index (χ4v) is 2.54. The molecule has 0 saturated carbocycles. The zero-order valence-electron chi connectivity index (χ0n) is 11.6. The maximum atomic E-state index is 14.1. The standard InChI is InChI=1S/C16H13ClF2N2/c1-9-3-5-15-13(7-9)20-16(10(2)17)21(15)14-6-4-11(18)8-12(14)19/h3-8,10H,1-2H3. The van der Waals surface area contributed by atoms with Gasteiger partial charge in [-0.15, -0.1) is 11.6 Å². The van der Waals surface area contributed by atoms with E-state index < -0.39 is 17.0 Å². The van der Waals surface area contributed by atoms with E-state index in [1.165, 1.54) is 12.1 Å². The molecule has 108 valence electrons. The summed E-state index contributed by atoms with van der Waals surface area (Å²) < 4.78 is 28.9. The molecular weight excluding hydrogens is 294 g/mol. The van der Waals surface area contributed by atoms with Gasteiger partial charge in [0.25, 0.3) is 0 Å². The molecule has 0 aliphatic rings. The number of imidazole rings is 1. The summed E-state index contributed by atoms with van der Waals surface area (Å²) in [6, 6.07) is 9.18. The molecule has 0 radical (unpaired) electrons. The molecule has 2 nitrogen and oxygen atoms in total. The highest BCUT2D eigenvalue weighted by molar-refractivity contribution is 6.20. The van der Waals surface area contributed by atoms with Crippen LogP contribution in [0.15, 0.2) is 36.4 Å². The average Bonchev–Trinajstić information content (AvgIpc) is 2.77. The molecule has 0 amide bonds. The van der Waals surface area contributed by atoms with Gasteiger partial charge in [0.15, 0.2) is 0 Å². The van der Waals surface area contributed by atoms with Gasteiger partial charge in [-0.1, -0.05) is 6.07 Å². The summed E-state index contributed by atoms with van der Waals surface area (Å²) in [5.41, 5.74) is 2.78. The number of halogens is 3. The summed E-state index contributed by atoms with van der Waals surface area (Å²) in [5, 5.41) is -0.401. The second kappa shape index (κ2) is 5.11. The molecule has 0 aliphatic carbocycles. The summed E-state index contributed by atoms with van der Waals surface area (Å²) in [6.45, 7) is 3.73. The van der Waals surface area contributed by atoms with Crippen LogP contribution in [0.3, 0.4) is 0 Å². The largest absolute Gasteiger partial charge is 0.292 e. The first-order valence-corrected chi connectivity index (χ1v) is 6.99. The quantitative estimate of drug-likeness (QED) is 0.615. The van der Waals surface area contributed by atoms with Crippen LogP contribution in [0.25, 0.3) is 16.7 Å². The van der Waals surface area contributed by atoms with Crippen LogP contribution in [-0.4, -0.2) is 9.55 Å². The number of hydrogen-bond donors (Lipinski definition) is 0. The monoisotopic (exact) mass is 306 g/mol. The number of aryl methyl sites for hydroxylation is 1. The van der Waals surface area contributed by atoms with Crippen molar-refractivity contribution in [3.8, 4) is 5.69 Å². The van der Waals surface area contributed by atoms with E-state index in [9.17, 15) is 8.78 Å². The minimum Gasteiger partial charge on any atom is -0.292 e. The number of nitrogens with zero attached hydrogens (tertiary/aromatic N) is 2. The van der Waals surface area contributed by atoms with Crippen LogP contribution >= 0.6 is 11.6 Å². The SMILES string of the molecule is Cc1ccc2c(c1)nc(C(C)Cl)n2-c1ccc(F)cc1F. The summed E-state index contributed by atoms with van der Waals surface area (Å²) in [6.07, 6.45) is 0. The lowest BCUT2D eigenvalue weighted by molar-refractivity contribution is 0.577. The van der Waals surface area contributed by atoms with E-state index in [4.69, 9.17) is 11.6 Å². The van der Waals surface area contributed by atoms with Crippen molar-refractivity contribution in [1.29, 1.82) is 0 Å². The highest BCUT2D eigenvalue weighted by atomic mass is 35.5. The van der Waals surface area contributed by atoms with E-state index in [0.717, 1.165) is 22.7 Å². The van der Waals surface area contributed by atoms with Gasteiger partial charge >= 0.3 is 0 Å². The van der Waals surface area contributed by atoms with Gasteiger partial charge in [0.05, 0.1) is 22.1 Å². The molecule has 1 atom stereocenters. The Bertz CT molecular complexity index is 825. The third kappa shape index (κ3) is 2.40. The molecule has 2 aromatic carbocycles. The molecule has 0 saturated heterocycles. The molecule has 3 aromatic rings. The fourth-order valence-electron chi connectivity index (χ4n) is 2.39. The van der Waals surface area contributed by atoms with Crippen LogP contribution in [-0.2, 0) is 0 Å². The van der Waals surface area contributed by atoms with Gasteiger partial charge in [0.2, 0.25) is 0 Å². The summed E-state index contributed by atoms with van der Waals surface area (Å²) in [4.78, 5) is 4.48. The van der Waals surface area contributed by atoms with Crippen LogP contribution in [0, 0.1) is 18.6 Å². The first-order chi connectivity index (χ1) is 9.97. The summed E-state index contributed by atoms with van der Waals surface area (Å²) in [5.74, 6) is -0.729. The minimum atomic E-state index is -0.645. The number of fused-ring (bicyclic) bond motifs is 1. The van der Waals surface area contributed by atoms with Gasteiger partial charge in [0.1, 0.15) is 17.5 Å². The normalized spacial score (nSPS) is 12.8. The van der Waals surface area contributed by atoms with Crippen LogP contribution in [0.4, 0.5) is 8.78 Å². The first-order valence-electron chi connectivity index (χ1n) is 6.56. The number of rotatable bonds is 2. The van der Waals surface area contributed by atoms with Crippen molar-refractivity contribution in [2.24, 2.45) is 0 Å². The zero-order chi connectivity index (χ0) is 15.1. The first kappa shape index (κ1) is 14.0. The van der Waals surface area contributed by atoms with Gasteiger partial charge in [-0.25, -0.2) is 13.8 Å². The predicted molar refractivity (Wildman–Crippen MR) is 80.0 cm³/mol. The van der Waals surface area contributed by atoms with Crippen molar-refractivity contribution in [3.63, 3.8) is 0 Å². The van der Waals surface area contributed by atoms with Gasteiger partial charge < -0.3 is 0 Å². The van der Waals surface area contributed by atoms with E-state index in [-0.39, 0.29) is 5.69 Å². The molecule has 0 spiro atoms. The lowest BCUT2D eigenvalue weighted by Gasteiger charge is -2.11. The van der Waals surface area contributed by atoms with Crippen LogP contribution in [0.5, 0.6) is 0 Å². The number of alkyl halides is 1. The molecule has 1 aromatic heterocycles. The highest BCUT2D eigenvalue weighted by Gasteiger charge is 2.18. The van der Waals surface area contributed by atoms with Crippen molar-refractivity contribution in [2.75, 3.05) is 0 Å².